The molecule has 8 nitrogen and oxygen atoms in total. The SMILES string of the molecule is [B]C#Cc1cc(C)c(-c2c(-c3ccc(Oc4nccc(C)n4)c(F)c3)c3c(N)ncnc3n2C)cn1. The van der Waals surface area contributed by atoms with Crippen LogP contribution >= 0.6 is 0 Å². The van der Waals surface area contributed by atoms with Gasteiger partial charge in [0, 0.05) is 36.3 Å². The third-order valence-corrected chi connectivity index (χ3v) is 5.76. The van der Waals surface area contributed by atoms with Crippen molar-refractivity contribution in [1.29, 1.82) is 0 Å². The van der Waals surface area contributed by atoms with Crippen molar-refractivity contribution in [2.45, 2.75) is 13.8 Å². The molecule has 2 N–H and O–H groups in total. The van der Waals surface area contributed by atoms with E-state index in [-0.39, 0.29) is 17.6 Å². The lowest BCUT2D eigenvalue weighted by Gasteiger charge is -2.12. The highest BCUT2D eigenvalue weighted by Crippen LogP contribution is 2.43. The number of pyridine rings is 1. The number of fused-ring (bicyclic) bond motifs is 1. The van der Waals surface area contributed by atoms with Gasteiger partial charge in [-0.1, -0.05) is 12.0 Å². The third-order valence-electron chi connectivity index (χ3n) is 5.76. The molecule has 4 aromatic heterocycles. The van der Waals surface area contributed by atoms with E-state index in [0.29, 0.717) is 33.5 Å². The number of benzene rings is 1. The number of anilines is 1. The standard InChI is InChI=1S/C26H19BFN7O/c1-14-10-17(6-8-27)31-12-18(14)23-21(22-24(29)32-13-33-25(22)35(23)3)16-4-5-20(19(28)11-16)36-26-30-9-7-15(2)34-26/h4-5,7,9-13H,1-3H3,(H2,29,32,33). The Morgan fingerprint density at radius 1 is 1.08 bits per heavy atom. The van der Waals surface area contributed by atoms with Gasteiger partial charge >= 0.3 is 6.01 Å². The van der Waals surface area contributed by atoms with E-state index >= 15 is 4.39 Å². The summed E-state index contributed by atoms with van der Waals surface area (Å²) in [5.41, 5.74) is 11.9. The Bertz CT molecular complexity index is 1700. The topological polar surface area (TPSA) is 105 Å². The molecule has 0 saturated heterocycles. The Morgan fingerprint density at radius 2 is 1.92 bits per heavy atom. The van der Waals surface area contributed by atoms with Crippen molar-refractivity contribution in [3.8, 4) is 45.9 Å². The van der Waals surface area contributed by atoms with Crippen molar-refractivity contribution in [3.05, 3.63) is 71.8 Å². The van der Waals surface area contributed by atoms with Gasteiger partial charge in [-0.15, -0.1) is 0 Å². The molecule has 0 fully saturated rings. The van der Waals surface area contributed by atoms with Crippen LogP contribution in [0.15, 0.2) is 49.1 Å². The van der Waals surface area contributed by atoms with Gasteiger partial charge in [0.15, 0.2) is 19.4 Å². The number of nitrogens with two attached hydrogens (primary N) is 1. The smallest absolute Gasteiger partial charge is 0.322 e. The molecule has 0 saturated carbocycles. The minimum atomic E-state index is -0.584. The van der Waals surface area contributed by atoms with Crippen molar-refractivity contribution in [2.24, 2.45) is 7.05 Å². The van der Waals surface area contributed by atoms with Gasteiger partial charge in [0.2, 0.25) is 0 Å². The maximum atomic E-state index is 15.3. The molecule has 0 aliphatic rings. The summed E-state index contributed by atoms with van der Waals surface area (Å²) >= 11 is 0. The predicted octanol–water partition coefficient (Wildman–Crippen LogP) is 4.10. The van der Waals surface area contributed by atoms with E-state index in [1.807, 2.05) is 24.6 Å². The highest BCUT2D eigenvalue weighted by atomic mass is 19.1. The van der Waals surface area contributed by atoms with Gasteiger partial charge in [-0.3, -0.25) is 0 Å². The van der Waals surface area contributed by atoms with Crippen LogP contribution in [0.2, 0.25) is 0 Å². The second-order valence-corrected chi connectivity index (χ2v) is 8.12. The number of ether oxygens (including phenoxy) is 1. The van der Waals surface area contributed by atoms with Crippen molar-refractivity contribution < 1.29 is 9.13 Å². The molecule has 0 spiro atoms. The van der Waals surface area contributed by atoms with Gasteiger partial charge in [-0.25, -0.2) is 29.3 Å². The molecule has 2 radical (unpaired) electrons. The lowest BCUT2D eigenvalue weighted by molar-refractivity contribution is 0.410. The van der Waals surface area contributed by atoms with Crippen LogP contribution in [0.5, 0.6) is 11.8 Å². The summed E-state index contributed by atoms with van der Waals surface area (Å²) in [6, 6.07) is 8.29. The number of aromatic nitrogens is 6. The summed E-state index contributed by atoms with van der Waals surface area (Å²) in [6.07, 6.45) is 4.66. The Labute approximate surface area is 207 Å². The van der Waals surface area contributed by atoms with Crippen LogP contribution < -0.4 is 10.5 Å². The molecule has 1 aromatic carbocycles. The van der Waals surface area contributed by atoms with Crippen LogP contribution in [-0.4, -0.2) is 37.3 Å². The predicted molar refractivity (Wildman–Crippen MR) is 136 cm³/mol. The van der Waals surface area contributed by atoms with E-state index in [4.69, 9.17) is 18.3 Å². The molecule has 4 heterocycles. The fourth-order valence-electron chi connectivity index (χ4n) is 4.13. The first-order chi connectivity index (χ1) is 17.4. The molecule has 0 bridgehead atoms. The minimum absolute atomic E-state index is 0.00193. The van der Waals surface area contributed by atoms with Crippen LogP contribution in [0.3, 0.4) is 0 Å². The van der Waals surface area contributed by atoms with Crippen LogP contribution in [0.1, 0.15) is 17.0 Å². The van der Waals surface area contributed by atoms with Crippen LogP contribution in [0, 0.1) is 31.4 Å². The highest BCUT2D eigenvalue weighted by Gasteiger charge is 2.24. The molecule has 5 aromatic rings. The lowest BCUT2D eigenvalue weighted by Crippen LogP contribution is -1.98. The van der Waals surface area contributed by atoms with Crippen molar-refractivity contribution in [2.75, 3.05) is 5.73 Å². The van der Waals surface area contributed by atoms with Gasteiger partial charge in [0.25, 0.3) is 0 Å². The van der Waals surface area contributed by atoms with Gasteiger partial charge in [0.05, 0.1) is 11.1 Å². The van der Waals surface area contributed by atoms with E-state index < -0.39 is 5.82 Å². The fourth-order valence-corrected chi connectivity index (χ4v) is 4.13. The summed E-state index contributed by atoms with van der Waals surface area (Å²) in [6.45, 7) is 3.74. The Morgan fingerprint density at radius 3 is 2.64 bits per heavy atom. The molecular weight excluding hydrogens is 456 g/mol. The summed E-state index contributed by atoms with van der Waals surface area (Å²) in [4.78, 5) is 21.2. The largest absolute Gasteiger partial charge is 0.421 e. The molecule has 10 heteroatoms. The van der Waals surface area contributed by atoms with Gasteiger partial charge in [0.1, 0.15) is 23.5 Å². The first kappa shape index (κ1) is 23.0. The molecule has 0 aliphatic heterocycles. The number of nitrogens with zero attached hydrogens (tertiary/aromatic N) is 6. The lowest BCUT2D eigenvalue weighted by atomic mass is 9.97. The summed E-state index contributed by atoms with van der Waals surface area (Å²) in [7, 11) is 7.21. The highest BCUT2D eigenvalue weighted by molar-refractivity contribution is 6.22. The zero-order chi connectivity index (χ0) is 25.4. The maximum absolute atomic E-state index is 15.3. The van der Waals surface area contributed by atoms with Gasteiger partial charge in [-0.2, -0.15) is 5.82 Å². The van der Waals surface area contributed by atoms with Crippen molar-refractivity contribution in [1.82, 2.24) is 29.5 Å². The number of rotatable bonds is 4. The van der Waals surface area contributed by atoms with Crippen LogP contribution in [0.4, 0.5) is 10.2 Å². The number of hydrogen-bond donors (Lipinski definition) is 1. The normalized spacial score (nSPS) is 10.8. The molecule has 0 unspecified atom stereocenters. The molecular formula is C26H19BFN7O. The summed E-state index contributed by atoms with van der Waals surface area (Å²) in [5, 5.41) is 0.607. The molecule has 0 atom stereocenters. The molecule has 0 amide bonds. The molecule has 0 aliphatic carbocycles. The number of nitrogen functional groups attached to an aromatic ring is 1. The van der Waals surface area contributed by atoms with E-state index in [2.05, 4.69) is 36.7 Å². The van der Waals surface area contributed by atoms with E-state index in [0.717, 1.165) is 16.8 Å². The van der Waals surface area contributed by atoms with Gasteiger partial charge < -0.3 is 15.0 Å². The second-order valence-electron chi connectivity index (χ2n) is 8.12. The summed E-state index contributed by atoms with van der Waals surface area (Å²) in [5.74, 6) is 4.81. The second kappa shape index (κ2) is 9.11. The molecule has 5 rings (SSSR count). The van der Waals surface area contributed by atoms with E-state index in [9.17, 15) is 0 Å². The molecule has 174 valence electrons. The van der Waals surface area contributed by atoms with E-state index in [1.165, 1.54) is 18.5 Å². The van der Waals surface area contributed by atoms with Crippen molar-refractivity contribution in [3.63, 3.8) is 0 Å². The average Bonchev–Trinajstić information content (AvgIpc) is 3.14. The maximum Gasteiger partial charge on any atom is 0.322 e. The number of hydrogen-bond acceptors (Lipinski definition) is 7. The zero-order valence-electron chi connectivity index (χ0n) is 19.7. The Hall–Kier alpha value is -4.78. The first-order valence-electron chi connectivity index (χ1n) is 10.9. The van der Waals surface area contributed by atoms with Crippen LogP contribution in [-0.2, 0) is 7.05 Å². The zero-order valence-corrected chi connectivity index (χ0v) is 19.7. The monoisotopic (exact) mass is 475 g/mol. The molecule has 36 heavy (non-hydrogen) atoms. The minimum Gasteiger partial charge on any atom is -0.421 e. The summed E-state index contributed by atoms with van der Waals surface area (Å²) < 4.78 is 22.8. The van der Waals surface area contributed by atoms with Gasteiger partial charge in [-0.05, 0) is 49.2 Å². The number of aryl methyl sites for hydroxylation is 3. The van der Waals surface area contributed by atoms with Crippen molar-refractivity contribution >= 4 is 24.7 Å². The fraction of sp³-hybridized carbons (Fsp3) is 0.115. The van der Waals surface area contributed by atoms with E-state index in [1.54, 1.807) is 31.5 Å². The number of halogens is 1. The van der Waals surface area contributed by atoms with Crippen LogP contribution in [0.25, 0.3) is 33.4 Å². The average molecular weight is 475 g/mol. The third kappa shape index (κ3) is 4.01. The Kier molecular flexibility index (Phi) is 5.82. The Balaban J connectivity index is 1.70. The first-order valence-corrected chi connectivity index (χ1v) is 10.9. The quantitative estimate of drug-likeness (QED) is 0.308.